The van der Waals surface area contributed by atoms with Crippen molar-refractivity contribution in [3.8, 4) is 5.75 Å². The molecule has 32 heavy (non-hydrogen) atoms. The Labute approximate surface area is 190 Å². The van der Waals surface area contributed by atoms with Crippen LogP contribution < -0.4 is 4.90 Å². The van der Waals surface area contributed by atoms with Gasteiger partial charge in [0.1, 0.15) is 17.3 Å². The molecule has 4 bridgehead atoms. The second-order valence-electron chi connectivity index (χ2n) is 9.94. The van der Waals surface area contributed by atoms with Crippen LogP contribution in [-0.2, 0) is 10.2 Å². The lowest BCUT2D eigenvalue weighted by Crippen LogP contribution is -2.48. The van der Waals surface area contributed by atoms with Crippen molar-refractivity contribution in [2.75, 3.05) is 4.90 Å². The minimum atomic E-state index is -0.447. The molecule has 6 heteroatoms. The highest BCUT2D eigenvalue weighted by Crippen LogP contribution is 2.62. The number of carbonyl (C=O) groups excluding carboxylic acids is 2. The second kappa shape index (κ2) is 7.20. The molecular formula is C26H24FNO3S. The molecule has 1 aliphatic heterocycles. The maximum atomic E-state index is 14.2. The number of amides is 1. The van der Waals surface area contributed by atoms with E-state index >= 15 is 0 Å². The van der Waals surface area contributed by atoms with Crippen LogP contribution in [0.15, 0.2) is 48.2 Å². The van der Waals surface area contributed by atoms with Gasteiger partial charge in [0.15, 0.2) is 0 Å². The van der Waals surface area contributed by atoms with Crippen molar-refractivity contribution < 1.29 is 19.1 Å². The van der Waals surface area contributed by atoms with E-state index in [9.17, 15) is 19.1 Å². The lowest BCUT2D eigenvalue weighted by molar-refractivity contribution is -0.107. The van der Waals surface area contributed by atoms with Crippen molar-refractivity contribution in [2.45, 2.75) is 43.9 Å². The first-order chi connectivity index (χ1) is 15.4. The summed E-state index contributed by atoms with van der Waals surface area (Å²) in [5.41, 5.74) is 1.81. The summed E-state index contributed by atoms with van der Waals surface area (Å²) in [5.74, 6) is 1.96. The average molecular weight is 450 g/mol. The van der Waals surface area contributed by atoms with Crippen LogP contribution in [-0.4, -0.2) is 15.5 Å². The van der Waals surface area contributed by atoms with Crippen LogP contribution in [0.2, 0.25) is 0 Å². The Balaban J connectivity index is 1.43. The zero-order valence-corrected chi connectivity index (χ0v) is 18.4. The predicted molar refractivity (Wildman–Crippen MR) is 123 cm³/mol. The van der Waals surface area contributed by atoms with Crippen LogP contribution in [0.3, 0.4) is 0 Å². The van der Waals surface area contributed by atoms with E-state index in [1.54, 1.807) is 30.3 Å². The smallest absolute Gasteiger partial charge is 0.298 e. The number of anilines is 1. The lowest BCUT2D eigenvalue weighted by Gasteiger charge is -2.57. The monoisotopic (exact) mass is 449 g/mol. The number of phenols is 1. The molecule has 5 fully saturated rings. The molecule has 2 aromatic rings. The normalized spacial score (nSPS) is 32.3. The molecule has 0 atom stereocenters. The molecule has 0 aromatic heterocycles. The van der Waals surface area contributed by atoms with Gasteiger partial charge in [-0.25, -0.2) is 4.39 Å². The van der Waals surface area contributed by atoms with Crippen LogP contribution >= 0.6 is 11.8 Å². The van der Waals surface area contributed by atoms with E-state index in [1.165, 1.54) is 36.3 Å². The number of nitrogens with zero attached hydrogens (tertiary/aromatic N) is 1. The fraction of sp³-hybridized carbons (Fsp3) is 0.385. The molecule has 4 saturated carbocycles. The van der Waals surface area contributed by atoms with E-state index in [0.29, 0.717) is 35.2 Å². The summed E-state index contributed by atoms with van der Waals surface area (Å²) in [6.07, 6.45) is 8.56. The third kappa shape index (κ3) is 3.11. The molecule has 2 aromatic carbocycles. The van der Waals surface area contributed by atoms with Crippen LogP contribution in [0.4, 0.5) is 14.9 Å². The fourth-order valence-electron chi connectivity index (χ4n) is 7.00. The van der Waals surface area contributed by atoms with Crippen molar-refractivity contribution in [3.05, 3.63) is 65.1 Å². The van der Waals surface area contributed by atoms with Crippen molar-refractivity contribution in [2.24, 2.45) is 17.8 Å². The first-order valence-corrected chi connectivity index (χ1v) is 12.1. The van der Waals surface area contributed by atoms with Gasteiger partial charge in [-0.05, 0) is 92.0 Å². The van der Waals surface area contributed by atoms with Gasteiger partial charge in [-0.2, -0.15) is 0 Å². The minimum absolute atomic E-state index is 0.0514. The van der Waals surface area contributed by atoms with Gasteiger partial charge in [0.05, 0.1) is 5.69 Å². The molecule has 5 aliphatic rings. The van der Waals surface area contributed by atoms with Gasteiger partial charge in [0, 0.05) is 22.9 Å². The molecule has 0 spiro atoms. The molecule has 7 rings (SSSR count). The first-order valence-electron chi connectivity index (χ1n) is 11.3. The Hall–Kier alpha value is -2.60. The van der Waals surface area contributed by atoms with E-state index < -0.39 is 16.2 Å². The van der Waals surface area contributed by atoms with Crippen molar-refractivity contribution in [3.63, 3.8) is 0 Å². The van der Waals surface area contributed by atoms with Gasteiger partial charge >= 0.3 is 0 Å². The molecule has 1 saturated heterocycles. The number of phenolic OH excluding ortho intramolecular Hbond substituents is 1. The number of hydrogen-bond donors (Lipinski definition) is 1. The van der Waals surface area contributed by atoms with Crippen LogP contribution in [0, 0.1) is 23.6 Å². The largest absolute Gasteiger partial charge is 0.508 e. The summed E-state index contributed by atoms with van der Waals surface area (Å²) >= 11 is 0.621. The third-order valence-electron chi connectivity index (χ3n) is 7.86. The quantitative estimate of drug-likeness (QED) is 0.564. The standard InChI is InChI=1S/C26H24FNO3S/c27-21-4-2-1-3-18(21)10-22-24(30)32-25(31)28(22)19-5-6-23(29)20(11-19)26-12-15-7-16(13-26)9-17(8-15)14-26/h1-6,10-11,15-17,29H,7-9,12-14H2. The zero-order chi connectivity index (χ0) is 22.0. The molecule has 4 aliphatic carbocycles. The number of thioether (sulfide) groups is 1. The van der Waals surface area contributed by atoms with E-state index in [-0.39, 0.29) is 22.4 Å². The summed E-state index contributed by atoms with van der Waals surface area (Å²) in [6.45, 7) is 0. The van der Waals surface area contributed by atoms with Gasteiger partial charge in [0.25, 0.3) is 5.24 Å². The number of rotatable bonds is 3. The average Bonchev–Trinajstić information content (AvgIpc) is 3.02. The van der Waals surface area contributed by atoms with Crippen LogP contribution in [0.25, 0.3) is 6.08 Å². The lowest BCUT2D eigenvalue weighted by atomic mass is 9.48. The molecule has 0 radical (unpaired) electrons. The molecule has 0 unspecified atom stereocenters. The summed E-state index contributed by atoms with van der Waals surface area (Å²) < 4.78 is 14.2. The fourth-order valence-corrected chi connectivity index (χ4v) is 7.71. The third-order valence-corrected chi connectivity index (χ3v) is 8.61. The maximum absolute atomic E-state index is 14.2. The molecule has 1 N–H and O–H groups in total. The Morgan fingerprint density at radius 3 is 2.31 bits per heavy atom. The Morgan fingerprint density at radius 1 is 1.00 bits per heavy atom. The summed E-state index contributed by atoms with van der Waals surface area (Å²) in [5, 5.41) is 10.1. The van der Waals surface area contributed by atoms with Gasteiger partial charge in [0.2, 0.25) is 5.12 Å². The molecule has 4 nitrogen and oxygen atoms in total. The highest BCUT2D eigenvalue weighted by Gasteiger charge is 2.52. The highest BCUT2D eigenvalue weighted by molar-refractivity contribution is 8.27. The minimum Gasteiger partial charge on any atom is -0.508 e. The first kappa shape index (κ1) is 20.0. The van der Waals surface area contributed by atoms with Gasteiger partial charge in [-0.15, -0.1) is 0 Å². The molecule has 1 amide bonds. The SMILES string of the molecule is O=C1SC(=O)N(c2ccc(O)c(C34CC5CC(CC(C5)C3)C4)c2)C1=Cc1ccccc1F. The van der Waals surface area contributed by atoms with E-state index in [0.717, 1.165) is 24.8 Å². The maximum Gasteiger partial charge on any atom is 0.298 e. The Morgan fingerprint density at radius 2 is 1.66 bits per heavy atom. The van der Waals surface area contributed by atoms with E-state index in [4.69, 9.17) is 0 Å². The van der Waals surface area contributed by atoms with Crippen molar-refractivity contribution in [1.82, 2.24) is 0 Å². The number of carbonyl (C=O) groups is 2. The van der Waals surface area contributed by atoms with Gasteiger partial charge in [-0.3, -0.25) is 14.5 Å². The van der Waals surface area contributed by atoms with Crippen molar-refractivity contribution >= 4 is 33.9 Å². The van der Waals surface area contributed by atoms with Gasteiger partial charge < -0.3 is 5.11 Å². The number of halogens is 1. The Bertz CT molecular complexity index is 1140. The van der Waals surface area contributed by atoms with E-state index in [1.807, 2.05) is 6.07 Å². The number of hydrogen-bond acceptors (Lipinski definition) is 4. The van der Waals surface area contributed by atoms with E-state index in [2.05, 4.69) is 0 Å². The highest BCUT2D eigenvalue weighted by atomic mass is 32.2. The van der Waals surface area contributed by atoms with Crippen LogP contribution in [0.1, 0.15) is 49.7 Å². The second-order valence-corrected chi connectivity index (χ2v) is 10.9. The predicted octanol–water partition coefficient (Wildman–Crippen LogP) is 6.24. The molecule has 1 heterocycles. The number of aromatic hydroxyl groups is 1. The molecular weight excluding hydrogens is 425 g/mol. The summed E-state index contributed by atoms with van der Waals surface area (Å²) in [4.78, 5) is 26.8. The summed E-state index contributed by atoms with van der Waals surface area (Å²) in [7, 11) is 0. The summed E-state index contributed by atoms with van der Waals surface area (Å²) in [6, 6.07) is 11.4. The number of benzene rings is 2. The topological polar surface area (TPSA) is 57.6 Å². The van der Waals surface area contributed by atoms with Gasteiger partial charge in [-0.1, -0.05) is 18.2 Å². The zero-order valence-electron chi connectivity index (χ0n) is 17.6. The van der Waals surface area contributed by atoms with Crippen LogP contribution in [0.5, 0.6) is 5.75 Å². The van der Waals surface area contributed by atoms with Crippen molar-refractivity contribution in [1.29, 1.82) is 0 Å². The Kier molecular flexibility index (Phi) is 4.51. The molecule has 164 valence electrons.